The van der Waals surface area contributed by atoms with Crippen LogP contribution in [-0.4, -0.2) is 22.6 Å². The molecule has 1 N–H and O–H groups in total. The molecule has 2 aromatic carbocycles. The molecule has 24 heavy (non-hydrogen) atoms. The molecule has 3 rings (SSSR count). The molecule has 0 bridgehead atoms. The zero-order valence-electron chi connectivity index (χ0n) is 13.1. The Morgan fingerprint density at radius 2 is 1.96 bits per heavy atom. The Kier molecular flexibility index (Phi) is 4.00. The maximum absolute atomic E-state index is 13.8. The molecular weight excluding hydrogens is 341 g/mol. The number of rotatable bonds is 2. The van der Waals surface area contributed by atoms with Crippen molar-refractivity contribution < 1.29 is 18.0 Å². The fraction of sp³-hybridized carbons (Fsp3) is 0.353. The van der Waals surface area contributed by atoms with Crippen LogP contribution in [0.25, 0.3) is 10.8 Å². The predicted octanol–water partition coefficient (Wildman–Crippen LogP) is 4.61. The molecular formula is C17H16ClF3N2O. The third kappa shape index (κ3) is 2.96. The summed E-state index contributed by atoms with van der Waals surface area (Å²) in [4.78, 5) is 11.7. The van der Waals surface area contributed by atoms with Crippen LogP contribution in [0, 0.1) is 0 Å². The van der Waals surface area contributed by atoms with Crippen molar-refractivity contribution in [1.82, 2.24) is 10.4 Å². The van der Waals surface area contributed by atoms with Gasteiger partial charge < -0.3 is 0 Å². The first-order valence-electron chi connectivity index (χ1n) is 7.43. The average Bonchev–Trinajstić information content (AvgIpc) is 2.71. The van der Waals surface area contributed by atoms with Crippen LogP contribution < -0.4 is 5.43 Å². The monoisotopic (exact) mass is 356 g/mol. The lowest BCUT2D eigenvalue weighted by atomic mass is 9.95. The van der Waals surface area contributed by atoms with Crippen LogP contribution in [0.3, 0.4) is 0 Å². The number of benzene rings is 2. The Hall–Kier alpha value is -1.79. The second kappa shape index (κ2) is 5.63. The van der Waals surface area contributed by atoms with Gasteiger partial charge in [0.1, 0.15) is 0 Å². The van der Waals surface area contributed by atoms with E-state index in [2.05, 4.69) is 5.43 Å². The van der Waals surface area contributed by atoms with Crippen LogP contribution in [0.4, 0.5) is 13.2 Å². The second-order valence-corrected chi connectivity index (χ2v) is 6.97. The zero-order chi connectivity index (χ0) is 17.7. The molecule has 1 saturated heterocycles. The minimum atomic E-state index is -4.55. The van der Waals surface area contributed by atoms with Gasteiger partial charge in [-0.1, -0.05) is 35.9 Å². The largest absolute Gasteiger partial charge is 0.409 e. The summed E-state index contributed by atoms with van der Waals surface area (Å²) in [6, 6.07) is 7.70. The summed E-state index contributed by atoms with van der Waals surface area (Å²) < 4.78 is 41.4. The van der Waals surface area contributed by atoms with Crippen LogP contribution in [0.1, 0.15) is 31.9 Å². The lowest BCUT2D eigenvalue weighted by Gasteiger charge is -2.38. The van der Waals surface area contributed by atoms with Crippen molar-refractivity contribution in [2.75, 3.05) is 0 Å². The van der Waals surface area contributed by atoms with Crippen molar-refractivity contribution in [3.05, 3.63) is 47.0 Å². The van der Waals surface area contributed by atoms with Crippen molar-refractivity contribution in [3.8, 4) is 0 Å². The predicted molar refractivity (Wildman–Crippen MR) is 86.4 cm³/mol. The first-order valence-corrected chi connectivity index (χ1v) is 7.81. The molecule has 2 aromatic rings. The van der Waals surface area contributed by atoms with E-state index in [4.69, 9.17) is 11.6 Å². The molecule has 0 unspecified atom stereocenters. The highest BCUT2D eigenvalue weighted by molar-refractivity contribution is 6.35. The van der Waals surface area contributed by atoms with E-state index in [1.54, 1.807) is 38.1 Å². The van der Waals surface area contributed by atoms with Gasteiger partial charge in [-0.3, -0.25) is 10.2 Å². The van der Waals surface area contributed by atoms with Crippen molar-refractivity contribution in [1.29, 1.82) is 0 Å². The number of fused-ring (bicyclic) bond motifs is 1. The van der Waals surface area contributed by atoms with Gasteiger partial charge in [0.2, 0.25) is 5.91 Å². The maximum Gasteiger partial charge on any atom is 0.409 e. The van der Waals surface area contributed by atoms with Gasteiger partial charge >= 0.3 is 6.18 Å². The summed E-state index contributed by atoms with van der Waals surface area (Å²) >= 11 is 6.12. The summed E-state index contributed by atoms with van der Waals surface area (Å²) in [5, 5.41) is 2.69. The molecule has 3 nitrogen and oxygen atoms in total. The summed E-state index contributed by atoms with van der Waals surface area (Å²) in [6.45, 7) is 3.22. The molecule has 1 aliphatic heterocycles. The molecule has 1 fully saturated rings. The summed E-state index contributed by atoms with van der Waals surface area (Å²) in [6.07, 6.45) is -4.54. The van der Waals surface area contributed by atoms with E-state index < -0.39 is 23.7 Å². The Morgan fingerprint density at radius 1 is 1.25 bits per heavy atom. The fourth-order valence-electron chi connectivity index (χ4n) is 3.12. The molecule has 1 aliphatic rings. The first kappa shape index (κ1) is 17.0. The smallest absolute Gasteiger partial charge is 0.287 e. The highest BCUT2D eigenvalue weighted by atomic mass is 35.5. The van der Waals surface area contributed by atoms with Crippen molar-refractivity contribution in [2.24, 2.45) is 0 Å². The van der Waals surface area contributed by atoms with E-state index in [0.717, 1.165) is 10.4 Å². The number of hydrogen-bond acceptors (Lipinski definition) is 2. The number of alkyl halides is 3. The number of hydrazine groups is 1. The van der Waals surface area contributed by atoms with Crippen LogP contribution in [-0.2, 0) is 4.79 Å². The maximum atomic E-state index is 13.8. The van der Waals surface area contributed by atoms with Gasteiger partial charge in [0.05, 0.1) is 0 Å². The number of halogens is 4. The third-order valence-corrected chi connectivity index (χ3v) is 4.56. The van der Waals surface area contributed by atoms with Crippen molar-refractivity contribution >= 4 is 28.3 Å². The molecule has 0 radical (unpaired) electrons. The normalized spacial score (nSPS) is 19.5. The van der Waals surface area contributed by atoms with E-state index in [-0.39, 0.29) is 12.0 Å². The molecule has 1 atom stereocenters. The Morgan fingerprint density at radius 3 is 2.54 bits per heavy atom. The lowest BCUT2D eigenvalue weighted by Crippen LogP contribution is -2.51. The number of hydrogen-bond donors (Lipinski definition) is 1. The topological polar surface area (TPSA) is 32.3 Å². The van der Waals surface area contributed by atoms with E-state index in [1.165, 1.54) is 12.1 Å². The standard InChI is InChI=1S/C17H16ClF3N2O/c1-16(2)9-14(24)22-23(16)15(17(19,20)21)11-7-6-10-4-3-5-13(18)12(10)8-11/h3-8,15H,9H2,1-2H3,(H,22,24)/t15-/m0/s1. The van der Waals surface area contributed by atoms with Gasteiger partial charge in [0, 0.05) is 22.4 Å². The minimum Gasteiger partial charge on any atom is -0.287 e. The first-order chi connectivity index (χ1) is 11.1. The molecule has 0 saturated carbocycles. The van der Waals surface area contributed by atoms with Gasteiger partial charge in [-0.15, -0.1) is 0 Å². The van der Waals surface area contributed by atoms with Crippen LogP contribution in [0.5, 0.6) is 0 Å². The quantitative estimate of drug-likeness (QED) is 0.852. The van der Waals surface area contributed by atoms with E-state index >= 15 is 0 Å². The van der Waals surface area contributed by atoms with E-state index in [0.29, 0.717) is 10.4 Å². The Balaban J connectivity index is 2.14. The van der Waals surface area contributed by atoms with Gasteiger partial charge in [-0.2, -0.15) is 18.2 Å². The molecule has 0 aliphatic carbocycles. The molecule has 7 heteroatoms. The SMILES string of the molecule is CC1(C)CC(=O)NN1[C@@H](c1ccc2cccc(Cl)c2c1)C(F)(F)F. The van der Waals surface area contributed by atoms with E-state index in [9.17, 15) is 18.0 Å². The Bertz CT molecular complexity index is 804. The van der Waals surface area contributed by atoms with Crippen LogP contribution in [0.2, 0.25) is 5.02 Å². The highest BCUT2D eigenvalue weighted by Gasteiger charge is 2.52. The molecule has 128 valence electrons. The minimum absolute atomic E-state index is 0.00785. The number of nitrogens with zero attached hydrogens (tertiary/aromatic N) is 1. The second-order valence-electron chi connectivity index (χ2n) is 6.56. The molecule has 1 amide bonds. The van der Waals surface area contributed by atoms with Crippen LogP contribution in [0.15, 0.2) is 36.4 Å². The third-order valence-electron chi connectivity index (χ3n) is 4.23. The van der Waals surface area contributed by atoms with Gasteiger partial charge in [-0.25, -0.2) is 0 Å². The number of carbonyl (C=O) groups excluding carboxylic acids is 1. The lowest BCUT2D eigenvalue weighted by molar-refractivity contribution is -0.203. The van der Waals surface area contributed by atoms with Crippen LogP contribution >= 0.6 is 11.6 Å². The summed E-state index contributed by atoms with van der Waals surface area (Å²) in [5.74, 6) is -0.423. The van der Waals surface area contributed by atoms with Gasteiger partial charge in [0.25, 0.3) is 0 Å². The number of amides is 1. The fourth-order valence-corrected chi connectivity index (χ4v) is 3.36. The summed E-state index contributed by atoms with van der Waals surface area (Å²) in [5.41, 5.74) is 1.44. The van der Waals surface area contributed by atoms with Gasteiger partial charge in [-0.05, 0) is 36.9 Å². The van der Waals surface area contributed by atoms with Gasteiger partial charge in [0.15, 0.2) is 6.04 Å². The zero-order valence-corrected chi connectivity index (χ0v) is 13.9. The summed E-state index contributed by atoms with van der Waals surface area (Å²) in [7, 11) is 0. The van der Waals surface area contributed by atoms with Crippen molar-refractivity contribution in [3.63, 3.8) is 0 Å². The Labute approximate surface area is 142 Å². The highest BCUT2D eigenvalue weighted by Crippen LogP contribution is 2.43. The van der Waals surface area contributed by atoms with Crippen molar-refractivity contribution in [2.45, 2.75) is 38.0 Å². The van der Waals surface area contributed by atoms with E-state index in [1.807, 2.05) is 0 Å². The molecule has 0 spiro atoms. The molecule has 1 heterocycles. The number of nitrogens with one attached hydrogen (secondary N) is 1. The number of carbonyl (C=O) groups is 1. The molecule has 0 aromatic heterocycles. The average molecular weight is 357 g/mol.